The molecule has 2 N–H and O–H groups in total. The fraction of sp³-hybridized carbons (Fsp3) is 0.478. The Labute approximate surface area is 189 Å². The maximum absolute atomic E-state index is 13.1. The molecule has 8 nitrogen and oxygen atoms in total. The molecule has 2 saturated heterocycles. The maximum Gasteiger partial charge on any atom is 0.324 e. The molecule has 0 aliphatic carbocycles. The average molecular weight is 456 g/mol. The second kappa shape index (κ2) is 9.01. The lowest BCUT2D eigenvalue weighted by Crippen LogP contribution is -2.54. The van der Waals surface area contributed by atoms with Gasteiger partial charge in [0.2, 0.25) is 5.95 Å². The normalized spacial score (nSPS) is 22.3. The molecule has 0 spiro atoms. The number of fused-ring (bicyclic) bond motifs is 3. The van der Waals surface area contributed by atoms with Crippen LogP contribution in [0, 0.1) is 6.92 Å². The molecular formula is C23H26F2N6O2. The third kappa shape index (κ3) is 4.39. The Morgan fingerprint density at radius 1 is 1.18 bits per heavy atom. The van der Waals surface area contributed by atoms with Crippen LogP contribution in [0.4, 0.5) is 19.5 Å². The van der Waals surface area contributed by atoms with Crippen molar-refractivity contribution >= 4 is 22.9 Å². The van der Waals surface area contributed by atoms with Gasteiger partial charge in [-0.1, -0.05) is 12.1 Å². The first-order chi connectivity index (χ1) is 16.0. The van der Waals surface area contributed by atoms with E-state index in [1.54, 1.807) is 19.3 Å². The molecule has 2 aliphatic rings. The molecule has 3 aromatic rings. The summed E-state index contributed by atoms with van der Waals surface area (Å²) in [4.78, 5) is 27.9. The predicted molar refractivity (Wildman–Crippen MR) is 119 cm³/mol. The zero-order chi connectivity index (χ0) is 22.9. The van der Waals surface area contributed by atoms with Crippen LogP contribution in [0.5, 0.6) is 0 Å². The molecule has 2 bridgehead atoms. The fourth-order valence-corrected chi connectivity index (χ4v) is 5.00. The van der Waals surface area contributed by atoms with E-state index in [1.165, 1.54) is 0 Å². The average Bonchev–Trinajstić information content (AvgIpc) is 3.37. The Morgan fingerprint density at radius 2 is 1.94 bits per heavy atom. The lowest BCUT2D eigenvalue weighted by molar-refractivity contribution is 0.133. The van der Waals surface area contributed by atoms with Crippen LogP contribution in [-0.4, -0.2) is 63.4 Å². The number of nitrogens with one attached hydrogen (secondary N) is 2. The number of urea groups is 1. The number of alkyl halides is 2. The molecule has 2 amide bonds. The quantitative estimate of drug-likeness (QED) is 0.582. The molecular weight excluding hydrogens is 430 g/mol. The summed E-state index contributed by atoms with van der Waals surface area (Å²) in [5.41, 5.74) is 1.52. The van der Waals surface area contributed by atoms with Gasteiger partial charge in [-0.2, -0.15) is 0 Å². The van der Waals surface area contributed by atoms with Gasteiger partial charge in [-0.05, 0) is 31.7 Å². The van der Waals surface area contributed by atoms with Crippen molar-refractivity contribution < 1.29 is 18.0 Å². The summed E-state index contributed by atoms with van der Waals surface area (Å²) in [7, 11) is 0. The van der Waals surface area contributed by atoms with Crippen molar-refractivity contribution in [1.29, 1.82) is 0 Å². The Balaban J connectivity index is 1.29. The van der Waals surface area contributed by atoms with Crippen LogP contribution < -0.4 is 10.6 Å². The summed E-state index contributed by atoms with van der Waals surface area (Å²) >= 11 is 0. The number of halogens is 2. The number of carbonyl (C=O) groups excluding carboxylic acids is 1. The maximum atomic E-state index is 13.1. The number of benzene rings is 1. The van der Waals surface area contributed by atoms with E-state index >= 15 is 0 Å². The molecule has 0 radical (unpaired) electrons. The van der Waals surface area contributed by atoms with Crippen molar-refractivity contribution in [1.82, 2.24) is 25.2 Å². The van der Waals surface area contributed by atoms with Crippen molar-refractivity contribution in [3.05, 3.63) is 36.5 Å². The van der Waals surface area contributed by atoms with E-state index in [1.807, 2.05) is 23.1 Å². The Bertz CT molecular complexity index is 1140. The van der Waals surface area contributed by atoms with Crippen molar-refractivity contribution in [2.75, 3.05) is 18.7 Å². The Morgan fingerprint density at radius 3 is 2.61 bits per heavy atom. The standard InChI is InChI=1S/C23H26F2N6O2/c1-13-26-12-21(33-13)14-2-3-15-11-27-22(29-20(15)6-14)30-23(32)31-18-4-5-19(31)8-16(7-18)28-17(9-24)10-25/h2-3,6,11-12,16-19,28H,4-5,7-10H2,1H3,(H,27,29,30,32)/t16-,18-,19+. The number of aryl methyl sites for hydroxylation is 1. The fourth-order valence-electron chi connectivity index (χ4n) is 5.00. The van der Waals surface area contributed by atoms with Gasteiger partial charge in [-0.15, -0.1) is 0 Å². The molecule has 10 heteroatoms. The second-order valence-electron chi connectivity index (χ2n) is 8.77. The molecule has 2 aliphatic heterocycles. The monoisotopic (exact) mass is 456 g/mol. The summed E-state index contributed by atoms with van der Waals surface area (Å²) in [6.45, 7) is 0.319. The van der Waals surface area contributed by atoms with Gasteiger partial charge in [0.05, 0.1) is 17.8 Å². The van der Waals surface area contributed by atoms with E-state index in [-0.39, 0.29) is 30.1 Å². The minimum atomic E-state index is -0.772. The molecule has 174 valence electrons. The molecule has 0 unspecified atom stereocenters. The zero-order valence-corrected chi connectivity index (χ0v) is 18.3. The van der Waals surface area contributed by atoms with Crippen molar-refractivity contribution in [3.8, 4) is 11.3 Å². The van der Waals surface area contributed by atoms with E-state index in [0.717, 1.165) is 23.8 Å². The smallest absolute Gasteiger partial charge is 0.324 e. The van der Waals surface area contributed by atoms with Crippen molar-refractivity contribution in [3.63, 3.8) is 0 Å². The van der Waals surface area contributed by atoms with E-state index in [0.29, 0.717) is 30.0 Å². The van der Waals surface area contributed by atoms with Gasteiger partial charge in [0.25, 0.3) is 0 Å². The zero-order valence-electron chi connectivity index (χ0n) is 18.3. The van der Waals surface area contributed by atoms with E-state index in [9.17, 15) is 13.6 Å². The third-order valence-corrected chi connectivity index (χ3v) is 6.52. The number of hydrogen-bond donors (Lipinski definition) is 2. The highest BCUT2D eigenvalue weighted by atomic mass is 19.1. The van der Waals surface area contributed by atoms with Crippen LogP contribution in [-0.2, 0) is 0 Å². The lowest BCUT2D eigenvalue weighted by Gasteiger charge is -2.39. The van der Waals surface area contributed by atoms with Crippen LogP contribution in [0.25, 0.3) is 22.2 Å². The molecule has 33 heavy (non-hydrogen) atoms. The number of nitrogens with zero attached hydrogens (tertiary/aromatic N) is 4. The summed E-state index contributed by atoms with van der Waals surface area (Å²) in [6, 6.07) is 4.74. The number of piperidine rings is 1. The lowest BCUT2D eigenvalue weighted by atomic mass is 9.97. The SMILES string of the molecule is Cc1ncc(-c2ccc3cnc(NC(=O)N4[C@@H]5CC[C@H]4C[C@H](NC(CF)CF)C5)nc3c2)o1. The van der Waals surface area contributed by atoms with E-state index in [2.05, 4.69) is 25.6 Å². The van der Waals surface area contributed by atoms with Gasteiger partial charge in [-0.25, -0.2) is 28.5 Å². The predicted octanol–water partition coefficient (Wildman–Crippen LogP) is 4.02. The molecule has 2 aromatic heterocycles. The van der Waals surface area contributed by atoms with Gasteiger partial charge in [0, 0.05) is 42.2 Å². The highest BCUT2D eigenvalue weighted by Gasteiger charge is 2.43. The van der Waals surface area contributed by atoms with Crippen LogP contribution in [0.3, 0.4) is 0 Å². The number of amides is 2. The number of oxazole rings is 1. The van der Waals surface area contributed by atoms with Gasteiger partial charge in [0.1, 0.15) is 13.3 Å². The number of aromatic nitrogens is 3. The highest BCUT2D eigenvalue weighted by molar-refractivity contribution is 5.90. The van der Waals surface area contributed by atoms with Gasteiger partial charge in [0.15, 0.2) is 11.7 Å². The largest absolute Gasteiger partial charge is 0.441 e. The van der Waals surface area contributed by atoms with Gasteiger partial charge >= 0.3 is 6.03 Å². The van der Waals surface area contributed by atoms with Crippen LogP contribution in [0.1, 0.15) is 31.6 Å². The first-order valence-electron chi connectivity index (χ1n) is 11.2. The molecule has 4 heterocycles. The third-order valence-electron chi connectivity index (χ3n) is 6.52. The van der Waals surface area contributed by atoms with E-state index in [4.69, 9.17) is 4.42 Å². The minimum Gasteiger partial charge on any atom is -0.441 e. The molecule has 1 aromatic carbocycles. The Kier molecular flexibility index (Phi) is 5.92. The number of rotatable bonds is 6. The second-order valence-corrected chi connectivity index (χ2v) is 8.77. The topological polar surface area (TPSA) is 96.2 Å². The summed E-state index contributed by atoms with van der Waals surface area (Å²) in [5, 5.41) is 6.74. The molecule has 0 saturated carbocycles. The molecule has 5 rings (SSSR count). The Hall–Kier alpha value is -3.14. The number of hydrogen-bond acceptors (Lipinski definition) is 6. The van der Waals surface area contributed by atoms with Crippen LogP contribution in [0.2, 0.25) is 0 Å². The van der Waals surface area contributed by atoms with Crippen LogP contribution >= 0.6 is 0 Å². The van der Waals surface area contributed by atoms with Crippen molar-refractivity contribution in [2.45, 2.75) is 56.8 Å². The summed E-state index contributed by atoms with van der Waals surface area (Å²) in [5.74, 6) is 1.46. The highest BCUT2D eigenvalue weighted by Crippen LogP contribution is 2.36. The summed E-state index contributed by atoms with van der Waals surface area (Å²) in [6.07, 6.45) is 6.46. The van der Waals surface area contributed by atoms with Gasteiger partial charge in [-0.3, -0.25) is 5.32 Å². The first kappa shape index (κ1) is 21.7. The number of anilines is 1. The van der Waals surface area contributed by atoms with Gasteiger partial charge < -0.3 is 14.6 Å². The molecule has 3 atom stereocenters. The molecule has 2 fully saturated rings. The minimum absolute atomic E-state index is 0.0121. The first-order valence-corrected chi connectivity index (χ1v) is 11.2. The van der Waals surface area contributed by atoms with Crippen molar-refractivity contribution in [2.24, 2.45) is 0 Å². The van der Waals surface area contributed by atoms with Crippen LogP contribution in [0.15, 0.2) is 35.0 Å². The number of carbonyl (C=O) groups is 1. The summed E-state index contributed by atoms with van der Waals surface area (Å²) < 4.78 is 31.4. The van der Waals surface area contributed by atoms with E-state index < -0.39 is 19.4 Å².